The molecule has 5 heteroatoms. The highest BCUT2D eigenvalue weighted by Crippen LogP contribution is 2.27. The van der Waals surface area contributed by atoms with Crippen LogP contribution in [-0.4, -0.2) is 16.9 Å². The summed E-state index contributed by atoms with van der Waals surface area (Å²) in [5, 5.41) is 0.736. The lowest BCUT2D eigenvalue weighted by Crippen LogP contribution is -2.43. The maximum Gasteiger partial charge on any atom is 0.349 e. The summed E-state index contributed by atoms with van der Waals surface area (Å²) in [5.74, 6) is 0.243. The van der Waals surface area contributed by atoms with Crippen molar-refractivity contribution in [3.05, 3.63) is 70.7 Å². The van der Waals surface area contributed by atoms with E-state index in [1.807, 2.05) is 30.3 Å². The first kappa shape index (κ1) is 16.5. The molecule has 132 valence electrons. The van der Waals surface area contributed by atoms with Gasteiger partial charge in [-0.2, -0.15) is 0 Å². The summed E-state index contributed by atoms with van der Waals surface area (Å²) in [6.07, 6.45) is 6.84. The van der Waals surface area contributed by atoms with Crippen molar-refractivity contribution in [2.45, 2.75) is 38.1 Å². The van der Waals surface area contributed by atoms with E-state index in [0.717, 1.165) is 31.1 Å². The minimum Gasteiger partial charge on any atom is -0.422 e. The molecule has 2 aromatic heterocycles. The van der Waals surface area contributed by atoms with Gasteiger partial charge < -0.3 is 4.42 Å². The van der Waals surface area contributed by atoms with E-state index in [4.69, 9.17) is 4.42 Å². The summed E-state index contributed by atoms with van der Waals surface area (Å²) >= 11 is 0. The quantitative estimate of drug-likeness (QED) is 0.667. The van der Waals surface area contributed by atoms with Crippen molar-refractivity contribution in [1.82, 2.24) is 4.98 Å². The van der Waals surface area contributed by atoms with Gasteiger partial charge in [-0.05, 0) is 37.1 Å². The maximum atomic E-state index is 13.3. The number of para-hydroxylation sites is 1. The fourth-order valence-corrected chi connectivity index (χ4v) is 3.63. The number of rotatable bonds is 3. The zero-order valence-electron chi connectivity index (χ0n) is 14.4. The van der Waals surface area contributed by atoms with Gasteiger partial charge in [0, 0.05) is 17.6 Å². The van der Waals surface area contributed by atoms with Crippen LogP contribution in [0.3, 0.4) is 0 Å². The molecule has 5 nitrogen and oxygen atoms in total. The van der Waals surface area contributed by atoms with E-state index >= 15 is 0 Å². The molecular formula is C21H20N2O3. The number of anilines is 1. The van der Waals surface area contributed by atoms with E-state index in [0.29, 0.717) is 11.4 Å². The van der Waals surface area contributed by atoms with Crippen LogP contribution < -0.4 is 10.5 Å². The molecule has 0 N–H and O–H groups in total. The highest BCUT2D eigenvalue weighted by Gasteiger charge is 2.30. The fraction of sp³-hybridized carbons (Fsp3) is 0.286. The average molecular weight is 348 g/mol. The molecule has 0 saturated heterocycles. The average Bonchev–Trinajstić information content (AvgIpc) is 2.69. The van der Waals surface area contributed by atoms with Crippen LogP contribution in [0, 0.1) is 0 Å². The van der Waals surface area contributed by atoms with Crippen LogP contribution in [0.5, 0.6) is 0 Å². The Morgan fingerprint density at radius 2 is 1.81 bits per heavy atom. The first-order valence-electron chi connectivity index (χ1n) is 9.01. The smallest absolute Gasteiger partial charge is 0.349 e. The second-order valence-electron chi connectivity index (χ2n) is 6.64. The number of hydrogen-bond acceptors (Lipinski definition) is 4. The largest absolute Gasteiger partial charge is 0.422 e. The first-order chi connectivity index (χ1) is 12.7. The van der Waals surface area contributed by atoms with Crippen molar-refractivity contribution >= 4 is 22.7 Å². The Kier molecular flexibility index (Phi) is 4.52. The predicted molar refractivity (Wildman–Crippen MR) is 100 cm³/mol. The minimum atomic E-state index is -0.606. The van der Waals surface area contributed by atoms with Crippen molar-refractivity contribution in [1.29, 1.82) is 0 Å². The molecule has 1 saturated carbocycles. The number of pyridine rings is 1. The van der Waals surface area contributed by atoms with Gasteiger partial charge in [-0.25, -0.2) is 9.78 Å². The van der Waals surface area contributed by atoms with E-state index < -0.39 is 5.63 Å². The van der Waals surface area contributed by atoms with Gasteiger partial charge in [0.25, 0.3) is 5.91 Å². The van der Waals surface area contributed by atoms with E-state index in [1.54, 1.807) is 29.3 Å². The van der Waals surface area contributed by atoms with Crippen LogP contribution in [0.25, 0.3) is 11.0 Å². The van der Waals surface area contributed by atoms with Gasteiger partial charge in [0.05, 0.1) is 0 Å². The van der Waals surface area contributed by atoms with E-state index in [-0.39, 0.29) is 17.5 Å². The van der Waals surface area contributed by atoms with E-state index in [9.17, 15) is 9.59 Å². The molecule has 2 heterocycles. The third-order valence-corrected chi connectivity index (χ3v) is 4.93. The summed E-state index contributed by atoms with van der Waals surface area (Å²) in [6.45, 7) is 0. The zero-order chi connectivity index (χ0) is 17.9. The molecule has 0 spiro atoms. The highest BCUT2D eigenvalue weighted by atomic mass is 16.4. The predicted octanol–water partition coefficient (Wildman–Crippen LogP) is 4.17. The molecule has 0 radical (unpaired) electrons. The Balaban J connectivity index is 1.79. The number of carbonyl (C=O) groups is 1. The van der Waals surface area contributed by atoms with Gasteiger partial charge >= 0.3 is 5.63 Å². The molecule has 1 aliphatic carbocycles. The lowest BCUT2D eigenvalue weighted by atomic mass is 9.93. The number of aromatic nitrogens is 1. The molecule has 1 aromatic carbocycles. The van der Waals surface area contributed by atoms with Gasteiger partial charge in [0.15, 0.2) is 0 Å². The summed E-state index contributed by atoms with van der Waals surface area (Å²) in [4.78, 5) is 31.8. The van der Waals surface area contributed by atoms with Gasteiger partial charge in [-0.3, -0.25) is 9.69 Å². The first-order valence-corrected chi connectivity index (χ1v) is 9.01. The summed E-state index contributed by atoms with van der Waals surface area (Å²) < 4.78 is 5.36. The number of benzene rings is 1. The Bertz CT molecular complexity index is 975. The molecule has 0 bridgehead atoms. The van der Waals surface area contributed by atoms with Gasteiger partial charge in [0.1, 0.15) is 17.0 Å². The van der Waals surface area contributed by atoms with Crippen LogP contribution in [0.2, 0.25) is 0 Å². The summed E-state index contributed by atoms with van der Waals surface area (Å²) in [6, 6.07) is 14.4. The lowest BCUT2D eigenvalue weighted by Gasteiger charge is -2.33. The van der Waals surface area contributed by atoms with Gasteiger partial charge in [-0.1, -0.05) is 43.5 Å². The second kappa shape index (κ2) is 7.12. The Morgan fingerprint density at radius 3 is 2.58 bits per heavy atom. The standard InChI is InChI=1S/C21H20N2O3/c24-20(17-14-15-8-4-5-11-18(15)26-21(17)25)23(16-9-2-1-3-10-16)19-12-6-7-13-22-19/h4-8,11-14,16H,1-3,9-10H2. The molecule has 1 amide bonds. The maximum absolute atomic E-state index is 13.3. The van der Waals surface area contributed by atoms with Crippen LogP contribution in [0.4, 0.5) is 5.82 Å². The summed E-state index contributed by atoms with van der Waals surface area (Å²) in [7, 11) is 0. The third kappa shape index (κ3) is 3.12. The number of nitrogens with zero attached hydrogens (tertiary/aromatic N) is 2. The van der Waals surface area contributed by atoms with Crippen molar-refractivity contribution in [3.63, 3.8) is 0 Å². The molecule has 0 aliphatic heterocycles. The Morgan fingerprint density at radius 1 is 1.04 bits per heavy atom. The van der Waals surface area contributed by atoms with Crippen LogP contribution >= 0.6 is 0 Å². The molecule has 0 unspecified atom stereocenters. The van der Waals surface area contributed by atoms with E-state index in [1.165, 1.54) is 6.42 Å². The Hall–Kier alpha value is -2.95. The molecule has 3 aromatic rings. The number of hydrogen-bond donors (Lipinski definition) is 0. The number of fused-ring (bicyclic) bond motifs is 1. The van der Waals surface area contributed by atoms with Crippen LogP contribution in [0.1, 0.15) is 42.5 Å². The topological polar surface area (TPSA) is 63.4 Å². The van der Waals surface area contributed by atoms with Crippen molar-refractivity contribution in [2.24, 2.45) is 0 Å². The Labute approximate surface area is 151 Å². The van der Waals surface area contributed by atoms with Crippen molar-refractivity contribution < 1.29 is 9.21 Å². The molecule has 0 atom stereocenters. The van der Waals surface area contributed by atoms with Crippen molar-refractivity contribution in [2.75, 3.05) is 4.90 Å². The second-order valence-corrected chi connectivity index (χ2v) is 6.64. The third-order valence-electron chi connectivity index (χ3n) is 4.93. The van der Waals surface area contributed by atoms with Gasteiger partial charge in [0.2, 0.25) is 0 Å². The molecule has 4 rings (SSSR count). The van der Waals surface area contributed by atoms with E-state index in [2.05, 4.69) is 4.98 Å². The molecule has 1 fully saturated rings. The lowest BCUT2D eigenvalue weighted by molar-refractivity contribution is 0.0966. The monoisotopic (exact) mass is 348 g/mol. The van der Waals surface area contributed by atoms with Gasteiger partial charge in [-0.15, -0.1) is 0 Å². The SMILES string of the molecule is O=C(c1cc2ccccc2oc1=O)N(c1ccccn1)C1CCCCC1. The van der Waals surface area contributed by atoms with Crippen molar-refractivity contribution in [3.8, 4) is 0 Å². The van der Waals surface area contributed by atoms with Crippen LogP contribution in [0.15, 0.2) is 63.9 Å². The highest BCUT2D eigenvalue weighted by molar-refractivity contribution is 6.07. The molecule has 26 heavy (non-hydrogen) atoms. The van der Waals surface area contributed by atoms with Crippen LogP contribution in [-0.2, 0) is 0 Å². The minimum absolute atomic E-state index is 0.0528. The molecular weight excluding hydrogens is 328 g/mol. The fourth-order valence-electron chi connectivity index (χ4n) is 3.63. The zero-order valence-corrected chi connectivity index (χ0v) is 14.4. The molecule has 1 aliphatic rings. The summed E-state index contributed by atoms with van der Waals surface area (Å²) in [5.41, 5.74) is -0.0681. The number of carbonyl (C=O) groups excluding carboxylic acids is 1. The normalized spacial score (nSPS) is 15.1. The number of amides is 1.